The van der Waals surface area contributed by atoms with Crippen molar-refractivity contribution in [3.8, 4) is 0 Å². The maximum absolute atomic E-state index is 12.4. The zero-order chi connectivity index (χ0) is 15.7. The van der Waals surface area contributed by atoms with Gasteiger partial charge >= 0.3 is 0 Å². The first-order chi connectivity index (χ1) is 9.69. The van der Waals surface area contributed by atoms with Gasteiger partial charge in [-0.1, -0.05) is 27.7 Å². The van der Waals surface area contributed by atoms with Crippen LogP contribution in [0, 0.1) is 22.7 Å². The normalized spacial score (nSPS) is 27.5. The minimum Gasteiger partial charge on any atom is -0.512 e. The van der Waals surface area contributed by atoms with E-state index in [0.717, 1.165) is 51.4 Å². The van der Waals surface area contributed by atoms with Gasteiger partial charge < -0.3 is 5.11 Å². The molecule has 0 radical (unpaired) electrons. The van der Waals surface area contributed by atoms with Gasteiger partial charge in [0.25, 0.3) is 0 Å². The predicted octanol–water partition coefficient (Wildman–Crippen LogP) is 5.43. The van der Waals surface area contributed by atoms with Crippen LogP contribution in [0.15, 0.2) is 11.8 Å². The quantitative estimate of drug-likeness (QED) is 0.556. The summed E-state index contributed by atoms with van der Waals surface area (Å²) < 4.78 is 0. The van der Waals surface area contributed by atoms with Crippen LogP contribution < -0.4 is 0 Å². The number of allylic oxidation sites excluding steroid dienone is 2. The van der Waals surface area contributed by atoms with Crippen LogP contribution in [0.25, 0.3) is 0 Å². The van der Waals surface area contributed by atoms with Crippen LogP contribution in [0.4, 0.5) is 0 Å². The van der Waals surface area contributed by atoms with Crippen molar-refractivity contribution in [2.45, 2.75) is 79.1 Å². The van der Waals surface area contributed by atoms with Gasteiger partial charge in [-0.05, 0) is 62.2 Å². The molecule has 2 rings (SSSR count). The van der Waals surface area contributed by atoms with Gasteiger partial charge in [0.15, 0.2) is 5.78 Å². The number of carbonyl (C=O) groups excluding carboxylic acids is 1. The largest absolute Gasteiger partial charge is 0.512 e. The van der Waals surface area contributed by atoms with Crippen LogP contribution >= 0.6 is 0 Å². The second-order valence-electron chi connectivity index (χ2n) is 8.85. The molecule has 1 N–H and O–H groups in total. The molecule has 0 aromatic rings. The molecule has 0 aliphatic heterocycles. The summed E-state index contributed by atoms with van der Waals surface area (Å²) in [6.45, 7) is 9.15. The summed E-state index contributed by atoms with van der Waals surface area (Å²) in [6.07, 6.45) is 10.1. The molecule has 2 saturated carbocycles. The average Bonchev–Trinajstić information content (AvgIpc) is 2.38. The van der Waals surface area contributed by atoms with E-state index >= 15 is 0 Å². The van der Waals surface area contributed by atoms with E-state index < -0.39 is 0 Å². The molecule has 0 atom stereocenters. The Bertz CT molecular complexity index is 397. The highest BCUT2D eigenvalue weighted by molar-refractivity contribution is 5.92. The lowest BCUT2D eigenvalue weighted by Gasteiger charge is -2.34. The molecule has 0 saturated heterocycles. The highest BCUT2D eigenvalue weighted by Gasteiger charge is 2.32. The van der Waals surface area contributed by atoms with Gasteiger partial charge in [0.1, 0.15) is 0 Å². The van der Waals surface area contributed by atoms with Crippen LogP contribution in [0.1, 0.15) is 79.1 Å². The number of carbonyl (C=O) groups is 1. The van der Waals surface area contributed by atoms with Gasteiger partial charge in [-0.2, -0.15) is 0 Å². The van der Waals surface area contributed by atoms with Crippen LogP contribution in [0.2, 0.25) is 0 Å². The van der Waals surface area contributed by atoms with Gasteiger partial charge in [0, 0.05) is 17.9 Å². The van der Waals surface area contributed by atoms with Crippen molar-refractivity contribution in [3.05, 3.63) is 11.8 Å². The summed E-state index contributed by atoms with van der Waals surface area (Å²) in [5.74, 6) is 0.857. The SMILES string of the molecule is CC1(C)CCC(C(=O)/C=C(\O)C2CCC(C)(C)CC2)CC1. The number of aliphatic hydroxyl groups excluding tert-OH is 1. The van der Waals surface area contributed by atoms with Crippen LogP contribution in [-0.2, 0) is 4.79 Å². The summed E-state index contributed by atoms with van der Waals surface area (Å²) in [5.41, 5.74) is 0.785. The molecule has 0 amide bonds. The number of hydrogen-bond donors (Lipinski definition) is 1. The first-order valence-corrected chi connectivity index (χ1v) is 8.63. The third-order valence-corrected chi connectivity index (χ3v) is 5.79. The van der Waals surface area contributed by atoms with E-state index in [0.29, 0.717) is 16.6 Å². The molecule has 0 bridgehead atoms. The fourth-order valence-electron chi connectivity index (χ4n) is 3.76. The predicted molar refractivity (Wildman–Crippen MR) is 87.2 cm³/mol. The Hall–Kier alpha value is -0.790. The van der Waals surface area contributed by atoms with Crippen molar-refractivity contribution in [1.29, 1.82) is 0 Å². The van der Waals surface area contributed by atoms with Gasteiger partial charge in [0.2, 0.25) is 0 Å². The van der Waals surface area contributed by atoms with E-state index in [1.54, 1.807) is 6.08 Å². The molecule has 2 nitrogen and oxygen atoms in total. The lowest BCUT2D eigenvalue weighted by molar-refractivity contribution is -0.119. The first kappa shape index (κ1) is 16.6. The Morgan fingerprint density at radius 2 is 1.24 bits per heavy atom. The smallest absolute Gasteiger partial charge is 0.162 e. The molecule has 2 aliphatic carbocycles. The van der Waals surface area contributed by atoms with E-state index in [-0.39, 0.29) is 17.6 Å². The Balaban J connectivity index is 1.89. The molecule has 120 valence electrons. The van der Waals surface area contributed by atoms with Crippen molar-refractivity contribution in [2.75, 3.05) is 0 Å². The zero-order valence-electron chi connectivity index (χ0n) is 14.2. The fraction of sp³-hybridized carbons (Fsp3) is 0.842. The molecule has 2 heteroatoms. The molecule has 0 unspecified atom stereocenters. The number of rotatable bonds is 3. The van der Waals surface area contributed by atoms with Crippen LogP contribution in [0.5, 0.6) is 0 Å². The maximum Gasteiger partial charge on any atom is 0.162 e. The molecule has 2 aliphatic rings. The summed E-state index contributed by atoms with van der Waals surface area (Å²) in [7, 11) is 0. The van der Waals surface area contributed by atoms with Crippen molar-refractivity contribution < 1.29 is 9.90 Å². The Morgan fingerprint density at radius 1 is 0.857 bits per heavy atom. The lowest BCUT2D eigenvalue weighted by atomic mass is 9.71. The third kappa shape index (κ3) is 4.59. The molecule has 2 fully saturated rings. The molecular weight excluding hydrogens is 260 g/mol. The van der Waals surface area contributed by atoms with Gasteiger partial charge in [-0.3, -0.25) is 4.79 Å². The van der Waals surface area contributed by atoms with E-state index in [1.807, 2.05) is 0 Å². The minimum absolute atomic E-state index is 0.139. The van der Waals surface area contributed by atoms with Crippen LogP contribution in [0.3, 0.4) is 0 Å². The molecule has 21 heavy (non-hydrogen) atoms. The molecule has 0 heterocycles. The van der Waals surface area contributed by atoms with Crippen molar-refractivity contribution in [3.63, 3.8) is 0 Å². The van der Waals surface area contributed by atoms with E-state index in [2.05, 4.69) is 27.7 Å². The summed E-state index contributed by atoms with van der Waals surface area (Å²) in [5, 5.41) is 10.3. The number of hydrogen-bond acceptors (Lipinski definition) is 2. The van der Waals surface area contributed by atoms with Gasteiger partial charge in [-0.25, -0.2) is 0 Å². The Kier molecular flexibility index (Phi) is 4.85. The summed E-state index contributed by atoms with van der Waals surface area (Å²) in [4.78, 5) is 12.4. The Morgan fingerprint density at radius 3 is 1.67 bits per heavy atom. The highest BCUT2D eigenvalue weighted by Crippen LogP contribution is 2.41. The van der Waals surface area contributed by atoms with Crippen molar-refractivity contribution in [2.24, 2.45) is 22.7 Å². The van der Waals surface area contributed by atoms with Crippen molar-refractivity contribution in [1.82, 2.24) is 0 Å². The highest BCUT2D eigenvalue weighted by atomic mass is 16.3. The first-order valence-electron chi connectivity index (χ1n) is 8.63. The zero-order valence-corrected chi connectivity index (χ0v) is 14.2. The fourth-order valence-corrected chi connectivity index (χ4v) is 3.76. The molecule has 0 aromatic heterocycles. The summed E-state index contributed by atoms with van der Waals surface area (Å²) in [6, 6.07) is 0. The van der Waals surface area contributed by atoms with Crippen LogP contribution in [-0.4, -0.2) is 10.9 Å². The third-order valence-electron chi connectivity index (χ3n) is 5.79. The topological polar surface area (TPSA) is 37.3 Å². The lowest BCUT2D eigenvalue weighted by Crippen LogP contribution is -2.26. The van der Waals surface area contributed by atoms with E-state index in [9.17, 15) is 9.90 Å². The molecular formula is C19H32O2. The van der Waals surface area contributed by atoms with E-state index in [4.69, 9.17) is 0 Å². The molecule has 0 spiro atoms. The van der Waals surface area contributed by atoms with Gasteiger partial charge in [0.05, 0.1) is 5.76 Å². The summed E-state index contributed by atoms with van der Waals surface area (Å²) >= 11 is 0. The maximum atomic E-state index is 12.4. The molecule has 0 aromatic carbocycles. The number of aliphatic hydroxyl groups is 1. The average molecular weight is 292 g/mol. The second kappa shape index (κ2) is 6.14. The second-order valence-corrected chi connectivity index (χ2v) is 8.85. The van der Waals surface area contributed by atoms with E-state index in [1.165, 1.54) is 0 Å². The minimum atomic E-state index is 0.139. The monoisotopic (exact) mass is 292 g/mol. The van der Waals surface area contributed by atoms with Crippen molar-refractivity contribution >= 4 is 5.78 Å². The number of ketones is 1. The standard InChI is InChI=1S/C19H32O2/c1-18(2)9-5-14(6-10-18)16(20)13-17(21)15-7-11-19(3,4)12-8-15/h13-15,20H,5-12H2,1-4H3/b16-13-. The van der Waals surface area contributed by atoms with Gasteiger partial charge in [-0.15, -0.1) is 0 Å². The Labute approximate surface area is 130 Å².